The second-order valence-electron chi connectivity index (χ2n) is 7.33. The van der Waals surface area contributed by atoms with Crippen molar-refractivity contribution in [2.24, 2.45) is 11.7 Å². The molecule has 0 saturated carbocycles. The molecule has 2 saturated heterocycles. The Morgan fingerprint density at radius 2 is 1.96 bits per heavy atom. The summed E-state index contributed by atoms with van der Waals surface area (Å²) in [5, 5.41) is 0. The van der Waals surface area contributed by atoms with Crippen molar-refractivity contribution >= 4 is 5.91 Å². The van der Waals surface area contributed by atoms with Gasteiger partial charge in [-0.15, -0.1) is 0 Å². The molecule has 2 aliphatic heterocycles. The first-order valence-corrected chi connectivity index (χ1v) is 9.15. The van der Waals surface area contributed by atoms with Crippen LogP contribution in [0.4, 0.5) is 0 Å². The van der Waals surface area contributed by atoms with Gasteiger partial charge in [-0.05, 0) is 83.7 Å². The van der Waals surface area contributed by atoms with E-state index in [9.17, 15) is 4.79 Å². The maximum atomic E-state index is 11.3. The van der Waals surface area contributed by atoms with Crippen LogP contribution in [0, 0.1) is 5.92 Å². The topological polar surface area (TPSA) is 75.3 Å². The van der Waals surface area contributed by atoms with E-state index < -0.39 is 5.91 Å². The SMILES string of the molecule is CN1CCC(N2CCC[C@@H](Cc3cc(C(N)=O)ncn3)CC2)CC1. The minimum atomic E-state index is -0.479. The third-order valence-electron chi connectivity index (χ3n) is 5.56. The molecule has 6 nitrogen and oxygen atoms in total. The molecule has 0 unspecified atom stereocenters. The summed E-state index contributed by atoms with van der Waals surface area (Å²) in [5.41, 5.74) is 6.57. The summed E-state index contributed by atoms with van der Waals surface area (Å²) in [7, 11) is 2.22. The predicted molar refractivity (Wildman–Crippen MR) is 93.7 cm³/mol. The van der Waals surface area contributed by atoms with Crippen LogP contribution in [-0.4, -0.2) is 64.9 Å². The number of piperidine rings is 1. The van der Waals surface area contributed by atoms with Gasteiger partial charge in [0.1, 0.15) is 12.0 Å². The minimum Gasteiger partial charge on any atom is -0.364 e. The zero-order valence-corrected chi connectivity index (χ0v) is 14.7. The number of primary amides is 1. The van der Waals surface area contributed by atoms with Gasteiger partial charge in [0.2, 0.25) is 0 Å². The van der Waals surface area contributed by atoms with Gasteiger partial charge in [0, 0.05) is 11.7 Å². The van der Waals surface area contributed by atoms with Crippen LogP contribution in [0.1, 0.15) is 48.3 Å². The zero-order valence-electron chi connectivity index (χ0n) is 14.7. The van der Waals surface area contributed by atoms with Crippen LogP contribution in [0.5, 0.6) is 0 Å². The highest BCUT2D eigenvalue weighted by molar-refractivity contribution is 5.90. The van der Waals surface area contributed by atoms with Crippen molar-refractivity contribution in [2.75, 3.05) is 33.2 Å². The van der Waals surface area contributed by atoms with E-state index in [0.717, 1.165) is 18.2 Å². The standard InChI is InChI=1S/C18H29N5O/c1-22-8-5-16(6-9-22)23-7-2-3-14(4-10-23)11-15-12-17(18(19)24)21-13-20-15/h12-14,16H,2-11H2,1H3,(H2,19,24)/t14-/m1/s1. The van der Waals surface area contributed by atoms with Gasteiger partial charge in [0.05, 0.1) is 0 Å². The first kappa shape index (κ1) is 17.3. The molecule has 3 rings (SSSR count). The van der Waals surface area contributed by atoms with Gasteiger partial charge < -0.3 is 15.5 Å². The molecule has 3 heterocycles. The Balaban J connectivity index is 1.54. The maximum Gasteiger partial charge on any atom is 0.267 e. The molecule has 6 heteroatoms. The first-order chi connectivity index (χ1) is 11.6. The summed E-state index contributed by atoms with van der Waals surface area (Å²) in [6, 6.07) is 2.52. The fourth-order valence-electron chi connectivity index (χ4n) is 4.06. The lowest BCUT2D eigenvalue weighted by Gasteiger charge is -2.36. The molecule has 1 aromatic heterocycles. The van der Waals surface area contributed by atoms with Crippen LogP contribution in [0.2, 0.25) is 0 Å². The number of nitrogens with two attached hydrogens (primary N) is 1. The van der Waals surface area contributed by atoms with Crippen molar-refractivity contribution in [2.45, 2.75) is 44.6 Å². The van der Waals surface area contributed by atoms with Crippen LogP contribution < -0.4 is 5.73 Å². The highest BCUT2D eigenvalue weighted by Crippen LogP contribution is 2.25. The smallest absolute Gasteiger partial charge is 0.267 e. The minimum absolute atomic E-state index is 0.321. The number of nitrogens with zero attached hydrogens (tertiary/aromatic N) is 4. The van der Waals surface area contributed by atoms with Crippen molar-refractivity contribution in [3.8, 4) is 0 Å². The number of amides is 1. The van der Waals surface area contributed by atoms with E-state index in [4.69, 9.17) is 5.73 Å². The van der Waals surface area contributed by atoms with Crippen LogP contribution in [0.3, 0.4) is 0 Å². The number of aromatic nitrogens is 2. The molecule has 1 atom stereocenters. The lowest BCUT2D eigenvalue weighted by atomic mass is 9.95. The highest BCUT2D eigenvalue weighted by Gasteiger charge is 2.26. The molecular formula is C18H29N5O. The van der Waals surface area contributed by atoms with Crippen molar-refractivity contribution in [3.05, 3.63) is 23.8 Å². The van der Waals surface area contributed by atoms with Gasteiger partial charge in [-0.1, -0.05) is 0 Å². The molecule has 0 spiro atoms. The quantitative estimate of drug-likeness (QED) is 0.900. The van der Waals surface area contributed by atoms with Crippen LogP contribution in [0.25, 0.3) is 0 Å². The van der Waals surface area contributed by atoms with Gasteiger partial charge in [-0.2, -0.15) is 0 Å². The molecule has 0 bridgehead atoms. The number of hydrogen-bond donors (Lipinski definition) is 1. The third kappa shape index (κ3) is 4.51. The maximum absolute atomic E-state index is 11.3. The van der Waals surface area contributed by atoms with Gasteiger partial charge in [-0.3, -0.25) is 4.79 Å². The van der Waals surface area contributed by atoms with Crippen molar-refractivity contribution in [1.29, 1.82) is 0 Å². The lowest BCUT2D eigenvalue weighted by molar-refractivity contribution is 0.0995. The zero-order chi connectivity index (χ0) is 16.9. The van der Waals surface area contributed by atoms with E-state index >= 15 is 0 Å². The summed E-state index contributed by atoms with van der Waals surface area (Å²) < 4.78 is 0. The second-order valence-corrected chi connectivity index (χ2v) is 7.33. The van der Waals surface area contributed by atoms with Gasteiger partial charge in [0.15, 0.2) is 0 Å². The number of carbonyl (C=O) groups excluding carboxylic acids is 1. The van der Waals surface area contributed by atoms with Crippen LogP contribution in [-0.2, 0) is 6.42 Å². The van der Waals surface area contributed by atoms with E-state index in [1.807, 2.05) is 0 Å². The molecule has 132 valence electrons. The van der Waals surface area contributed by atoms with E-state index in [-0.39, 0.29) is 0 Å². The van der Waals surface area contributed by atoms with Gasteiger partial charge in [0.25, 0.3) is 5.91 Å². The molecule has 1 amide bonds. The molecule has 0 aliphatic carbocycles. The molecule has 1 aromatic rings. The Hall–Kier alpha value is -1.53. The molecule has 2 fully saturated rings. The fourth-order valence-corrected chi connectivity index (χ4v) is 4.06. The van der Waals surface area contributed by atoms with Gasteiger partial charge >= 0.3 is 0 Å². The van der Waals surface area contributed by atoms with Crippen LogP contribution >= 0.6 is 0 Å². The van der Waals surface area contributed by atoms with Crippen molar-refractivity contribution < 1.29 is 4.79 Å². The van der Waals surface area contributed by atoms with Crippen molar-refractivity contribution in [3.63, 3.8) is 0 Å². The summed E-state index contributed by atoms with van der Waals surface area (Å²) >= 11 is 0. The Bertz CT molecular complexity index is 556. The Labute approximate surface area is 144 Å². The van der Waals surface area contributed by atoms with E-state index in [1.54, 1.807) is 6.07 Å². The Kier molecular flexibility index (Phi) is 5.79. The van der Waals surface area contributed by atoms with E-state index in [0.29, 0.717) is 11.6 Å². The highest BCUT2D eigenvalue weighted by atomic mass is 16.1. The number of carbonyl (C=O) groups is 1. The molecular weight excluding hydrogens is 302 g/mol. The predicted octanol–water partition coefficient (Wildman–Crippen LogP) is 1.31. The summed E-state index contributed by atoms with van der Waals surface area (Å²) in [5.74, 6) is 0.157. The normalized spacial score (nSPS) is 24.6. The number of rotatable bonds is 4. The molecule has 0 aromatic carbocycles. The van der Waals surface area contributed by atoms with Crippen molar-refractivity contribution in [1.82, 2.24) is 19.8 Å². The molecule has 24 heavy (non-hydrogen) atoms. The van der Waals surface area contributed by atoms with Gasteiger partial charge in [-0.25, -0.2) is 9.97 Å². The Morgan fingerprint density at radius 3 is 2.71 bits per heavy atom. The van der Waals surface area contributed by atoms with Crippen LogP contribution in [0.15, 0.2) is 12.4 Å². The Morgan fingerprint density at radius 1 is 1.17 bits per heavy atom. The number of hydrogen-bond acceptors (Lipinski definition) is 5. The average molecular weight is 331 g/mol. The largest absolute Gasteiger partial charge is 0.364 e. The average Bonchev–Trinajstić information content (AvgIpc) is 2.81. The lowest BCUT2D eigenvalue weighted by Crippen LogP contribution is -2.44. The molecule has 0 radical (unpaired) electrons. The number of likely N-dealkylation sites (tertiary alicyclic amines) is 2. The first-order valence-electron chi connectivity index (χ1n) is 9.15. The summed E-state index contributed by atoms with van der Waals surface area (Å²) in [4.78, 5) is 24.7. The summed E-state index contributed by atoms with van der Waals surface area (Å²) in [6.45, 7) is 4.86. The van der Waals surface area contributed by atoms with E-state index in [1.165, 1.54) is 64.6 Å². The second kappa shape index (κ2) is 8.03. The summed E-state index contributed by atoms with van der Waals surface area (Å²) in [6.07, 6.45) is 8.68. The fraction of sp³-hybridized carbons (Fsp3) is 0.722. The molecule has 2 N–H and O–H groups in total. The third-order valence-corrected chi connectivity index (χ3v) is 5.56. The monoisotopic (exact) mass is 331 g/mol. The molecule has 2 aliphatic rings. The van der Waals surface area contributed by atoms with E-state index in [2.05, 4.69) is 26.8 Å².